The second kappa shape index (κ2) is 18.0. The highest BCUT2D eigenvalue weighted by atomic mass is 19.4. The molecule has 2 fully saturated rings. The van der Waals surface area contributed by atoms with Crippen molar-refractivity contribution < 1.29 is 40.2 Å². The Hall–Kier alpha value is -3.81. The monoisotopic (exact) mass is 617 g/mol. The Morgan fingerprint density at radius 1 is 0.744 bits per heavy atom. The number of hydrogen-bond donors (Lipinski definition) is 0. The van der Waals surface area contributed by atoms with Crippen molar-refractivity contribution in [3.05, 3.63) is 30.7 Å². The van der Waals surface area contributed by atoms with Crippen LogP contribution in [-0.4, -0.2) is 58.6 Å². The molecular weight excluding hydrogens is 583 g/mol. The number of ether oxygens (including phenoxy) is 2. The number of piperidine rings is 1. The number of rotatable bonds is 5. The Labute approximate surface area is 246 Å². The molecule has 43 heavy (non-hydrogen) atoms. The summed E-state index contributed by atoms with van der Waals surface area (Å²) in [6.45, 7) is 4.28. The lowest BCUT2D eigenvalue weighted by atomic mass is 9.89. The van der Waals surface area contributed by atoms with E-state index < -0.39 is 30.1 Å². The van der Waals surface area contributed by atoms with E-state index >= 15 is 0 Å². The summed E-state index contributed by atoms with van der Waals surface area (Å²) in [5, 5.41) is 0. The highest BCUT2D eigenvalue weighted by molar-refractivity contribution is 5.41. The first-order valence-corrected chi connectivity index (χ1v) is 13.7. The molecule has 14 heteroatoms. The fourth-order valence-electron chi connectivity index (χ4n) is 4.22. The molecule has 0 N–H and O–H groups in total. The number of halogens is 7. The van der Waals surface area contributed by atoms with E-state index in [2.05, 4.69) is 43.6 Å². The third-order valence-electron chi connectivity index (χ3n) is 6.45. The second-order valence-corrected chi connectivity index (χ2v) is 9.53. The van der Waals surface area contributed by atoms with Crippen LogP contribution < -0.4 is 14.4 Å². The lowest BCUT2D eigenvalue weighted by Gasteiger charge is -2.34. The summed E-state index contributed by atoms with van der Waals surface area (Å²) in [6, 6.07) is 2.66. The Balaban J connectivity index is 0.000000248. The van der Waals surface area contributed by atoms with Crippen molar-refractivity contribution in [1.82, 2.24) is 19.9 Å². The average molecular weight is 618 g/mol. The molecule has 236 valence electrons. The molecule has 0 bridgehead atoms. The zero-order valence-corrected chi connectivity index (χ0v) is 23.9. The third-order valence-corrected chi connectivity index (χ3v) is 6.45. The van der Waals surface area contributed by atoms with Gasteiger partial charge in [-0.3, -0.25) is 0 Å². The molecule has 0 aromatic carbocycles. The molecule has 0 amide bonds. The van der Waals surface area contributed by atoms with Crippen LogP contribution in [-0.2, 0) is 0 Å². The van der Waals surface area contributed by atoms with E-state index in [0.717, 1.165) is 31.7 Å². The van der Waals surface area contributed by atoms with Gasteiger partial charge in [0.1, 0.15) is 18.5 Å². The highest BCUT2D eigenvalue weighted by Crippen LogP contribution is 2.37. The Morgan fingerprint density at radius 2 is 1.28 bits per heavy atom. The highest BCUT2D eigenvalue weighted by Gasteiger charge is 2.42. The molecule has 2 aliphatic rings. The van der Waals surface area contributed by atoms with Crippen LogP contribution in [0, 0.1) is 41.5 Å². The van der Waals surface area contributed by atoms with Crippen molar-refractivity contribution in [2.45, 2.75) is 71.1 Å². The standard InChI is InChI=1S/C14H16F3N3O.C8H7FN2O.C7H11F3/c1-2-3-7-21-13-8-12(18-10-19-13)20-6-4-5-11(9-20)14(15,16)17;1-2-3-4-12-8-5-7(9)10-6-11-8;8-7(9,10)6-4-2-1-3-5-6/h8,10-11H,4-7,9H2,1H3;5-6H,4H2,1H3;6H,1-5H2. The van der Waals surface area contributed by atoms with Crippen LogP contribution in [0.2, 0.25) is 0 Å². The Bertz CT molecular complexity index is 1230. The van der Waals surface area contributed by atoms with Crippen molar-refractivity contribution in [1.29, 1.82) is 0 Å². The molecule has 2 aromatic heterocycles. The number of anilines is 1. The van der Waals surface area contributed by atoms with Gasteiger partial charge in [0.05, 0.1) is 17.9 Å². The van der Waals surface area contributed by atoms with Gasteiger partial charge in [0.2, 0.25) is 17.7 Å². The number of alkyl halides is 6. The van der Waals surface area contributed by atoms with E-state index in [-0.39, 0.29) is 32.1 Å². The Kier molecular flexibility index (Phi) is 14.8. The lowest BCUT2D eigenvalue weighted by Crippen LogP contribution is -2.42. The normalized spacial score (nSPS) is 17.0. The van der Waals surface area contributed by atoms with Crippen LogP contribution in [0.4, 0.5) is 36.6 Å². The summed E-state index contributed by atoms with van der Waals surface area (Å²) < 4.78 is 96.9. The second-order valence-electron chi connectivity index (χ2n) is 9.53. The van der Waals surface area contributed by atoms with Gasteiger partial charge in [-0.15, -0.1) is 11.8 Å². The molecule has 1 aliphatic heterocycles. The van der Waals surface area contributed by atoms with Gasteiger partial charge in [0, 0.05) is 19.2 Å². The molecule has 1 atom stereocenters. The van der Waals surface area contributed by atoms with Crippen molar-refractivity contribution >= 4 is 5.82 Å². The Morgan fingerprint density at radius 3 is 1.79 bits per heavy atom. The molecule has 0 radical (unpaired) electrons. The van der Waals surface area contributed by atoms with E-state index in [1.165, 1.54) is 6.33 Å². The van der Waals surface area contributed by atoms with Gasteiger partial charge in [-0.2, -0.15) is 30.7 Å². The van der Waals surface area contributed by atoms with Crippen LogP contribution in [0.15, 0.2) is 24.8 Å². The van der Waals surface area contributed by atoms with E-state index in [1.54, 1.807) is 24.8 Å². The summed E-state index contributed by atoms with van der Waals surface area (Å²) in [5.74, 6) is 8.77. The molecule has 1 aliphatic carbocycles. The zero-order valence-electron chi connectivity index (χ0n) is 23.9. The van der Waals surface area contributed by atoms with Crippen molar-refractivity contribution in [3.63, 3.8) is 0 Å². The number of hydrogen-bond acceptors (Lipinski definition) is 7. The minimum atomic E-state index is -4.16. The van der Waals surface area contributed by atoms with Crippen LogP contribution in [0.1, 0.15) is 58.8 Å². The SMILES string of the molecule is CC#CCOc1cc(F)ncn1.CC#CCOc1cc(N2CCCC(C(F)(F)F)C2)ncn1.FC(F)(F)C1CCCCC1. The molecule has 4 rings (SSSR count). The zero-order chi connectivity index (χ0) is 31.7. The van der Waals surface area contributed by atoms with Gasteiger partial charge in [-0.1, -0.05) is 31.1 Å². The summed E-state index contributed by atoms with van der Waals surface area (Å²) in [5.41, 5.74) is 0. The van der Waals surface area contributed by atoms with Crippen LogP contribution in [0.3, 0.4) is 0 Å². The predicted octanol–water partition coefficient (Wildman–Crippen LogP) is 6.80. The molecule has 1 unspecified atom stereocenters. The quantitative estimate of drug-likeness (QED) is 0.208. The van der Waals surface area contributed by atoms with Crippen LogP contribution in [0.5, 0.6) is 11.8 Å². The topological polar surface area (TPSA) is 73.3 Å². The largest absolute Gasteiger partial charge is 0.464 e. The molecule has 1 saturated heterocycles. The van der Waals surface area contributed by atoms with Crippen LogP contribution in [0.25, 0.3) is 0 Å². The summed E-state index contributed by atoms with van der Waals surface area (Å²) in [4.78, 5) is 16.5. The van der Waals surface area contributed by atoms with E-state index in [1.807, 2.05) is 0 Å². The minimum absolute atomic E-state index is 0.0747. The molecule has 1 saturated carbocycles. The fraction of sp³-hybridized carbons (Fsp3) is 0.586. The maximum atomic E-state index is 12.8. The van der Waals surface area contributed by atoms with Gasteiger partial charge in [0.25, 0.3) is 0 Å². The predicted molar refractivity (Wildman–Crippen MR) is 146 cm³/mol. The average Bonchev–Trinajstić information content (AvgIpc) is 2.98. The van der Waals surface area contributed by atoms with Gasteiger partial charge in [-0.05, 0) is 39.5 Å². The summed E-state index contributed by atoms with van der Waals surface area (Å²) in [6.07, 6.45) is -1.85. The fourth-order valence-corrected chi connectivity index (χ4v) is 4.22. The number of aromatic nitrogens is 4. The summed E-state index contributed by atoms with van der Waals surface area (Å²) in [7, 11) is 0. The first kappa shape index (κ1) is 35.4. The smallest absolute Gasteiger partial charge is 0.393 e. The number of nitrogens with zero attached hydrogens (tertiary/aromatic N) is 5. The minimum Gasteiger partial charge on any atom is -0.464 e. The molecule has 7 nitrogen and oxygen atoms in total. The van der Waals surface area contributed by atoms with E-state index in [4.69, 9.17) is 9.47 Å². The first-order chi connectivity index (χ1) is 20.4. The van der Waals surface area contributed by atoms with Crippen molar-refractivity contribution in [3.8, 4) is 35.4 Å². The molecule has 0 spiro atoms. The van der Waals surface area contributed by atoms with Gasteiger partial charge in [-0.25, -0.2) is 19.9 Å². The molecule has 2 aromatic rings. The first-order valence-electron chi connectivity index (χ1n) is 13.7. The maximum Gasteiger partial charge on any atom is 0.393 e. The van der Waals surface area contributed by atoms with E-state index in [9.17, 15) is 30.7 Å². The maximum absolute atomic E-state index is 12.8. The van der Waals surface area contributed by atoms with Crippen molar-refractivity contribution in [2.24, 2.45) is 11.8 Å². The van der Waals surface area contributed by atoms with Gasteiger partial charge < -0.3 is 14.4 Å². The molecular formula is C29H34F7N5O2. The van der Waals surface area contributed by atoms with Gasteiger partial charge >= 0.3 is 12.4 Å². The van der Waals surface area contributed by atoms with E-state index in [0.29, 0.717) is 37.5 Å². The summed E-state index contributed by atoms with van der Waals surface area (Å²) >= 11 is 0. The third kappa shape index (κ3) is 13.8. The molecule has 3 heterocycles. The van der Waals surface area contributed by atoms with Gasteiger partial charge in [0.15, 0.2) is 13.2 Å². The van der Waals surface area contributed by atoms with Crippen LogP contribution >= 0.6 is 0 Å². The lowest BCUT2D eigenvalue weighted by molar-refractivity contribution is -0.181. The van der Waals surface area contributed by atoms with Crippen molar-refractivity contribution in [2.75, 3.05) is 31.2 Å².